The average molecular weight is 333 g/mol. The Bertz CT molecular complexity index is 738. The van der Waals surface area contributed by atoms with Crippen LogP contribution >= 0.6 is 23.2 Å². The number of benzene rings is 2. The smallest absolute Gasteiger partial charge is 0.227 e. The Kier molecular flexibility index (Phi) is 5.43. The standard InChI is InChI=1S/C17H14Cl2N2O/c1-21(16-10-15(19)7-6-13(16)11-20)17(22)8-5-12-3-2-4-14(18)9-12/h2-4,6-7,9-10H,5,8H2,1H3. The molecule has 0 bridgehead atoms. The lowest BCUT2D eigenvalue weighted by molar-refractivity contribution is -0.118. The zero-order chi connectivity index (χ0) is 16.1. The number of hydrogen-bond acceptors (Lipinski definition) is 2. The van der Waals surface area contributed by atoms with E-state index in [1.807, 2.05) is 18.2 Å². The van der Waals surface area contributed by atoms with Gasteiger partial charge >= 0.3 is 0 Å². The van der Waals surface area contributed by atoms with Crippen LogP contribution in [0.4, 0.5) is 5.69 Å². The Morgan fingerprint density at radius 2 is 1.91 bits per heavy atom. The molecule has 112 valence electrons. The lowest BCUT2D eigenvalue weighted by atomic mass is 10.1. The van der Waals surface area contributed by atoms with Crippen molar-refractivity contribution in [1.82, 2.24) is 0 Å². The molecule has 1 amide bonds. The highest BCUT2D eigenvalue weighted by Gasteiger charge is 2.15. The summed E-state index contributed by atoms with van der Waals surface area (Å²) >= 11 is 11.9. The van der Waals surface area contributed by atoms with Gasteiger partial charge in [-0.2, -0.15) is 5.26 Å². The molecule has 3 nitrogen and oxygen atoms in total. The van der Waals surface area contributed by atoms with Crippen molar-refractivity contribution in [1.29, 1.82) is 5.26 Å². The maximum Gasteiger partial charge on any atom is 0.227 e. The van der Waals surface area contributed by atoms with Crippen LogP contribution < -0.4 is 4.90 Å². The van der Waals surface area contributed by atoms with Crippen LogP contribution in [0.3, 0.4) is 0 Å². The first-order valence-electron chi connectivity index (χ1n) is 6.72. The van der Waals surface area contributed by atoms with Gasteiger partial charge in [0.25, 0.3) is 0 Å². The molecule has 0 unspecified atom stereocenters. The third-order valence-corrected chi connectivity index (χ3v) is 3.80. The Labute approximate surface area is 139 Å². The van der Waals surface area contributed by atoms with Gasteiger partial charge in [0, 0.05) is 23.5 Å². The van der Waals surface area contributed by atoms with E-state index in [0.717, 1.165) is 5.56 Å². The van der Waals surface area contributed by atoms with Crippen molar-refractivity contribution in [3.63, 3.8) is 0 Å². The molecule has 0 aromatic heterocycles. The van der Waals surface area contributed by atoms with Gasteiger partial charge in [0.2, 0.25) is 5.91 Å². The molecule has 22 heavy (non-hydrogen) atoms. The van der Waals surface area contributed by atoms with Crippen molar-refractivity contribution < 1.29 is 4.79 Å². The van der Waals surface area contributed by atoms with Crippen LogP contribution in [0, 0.1) is 11.3 Å². The van der Waals surface area contributed by atoms with Gasteiger partial charge in [-0.1, -0.05) is 35.3 Å². The second-order valence-corrected chi connectivity index (χ2v) is 5.73. The summed E-state index contributed by atoms with van der Waals surface area (Å²) in [5.74, 6) is -0.0845. The maximum absolute atomic E-state index is 12.3. The first-order chi connectivity index (χ1) is 10.5. The van der Waals surface area contributed by atoms with Crippen LogP contribution in [0.15, 0.2) is 42.5 Å². The Morgan fingerprint density at radius 3 is 2.59 bits per heavy atom. The number of carbonyl (C=O) groups is 1. The molecule has 0 aliphatic heterocycles. The van der Waals surface area contributed by atoms with Gasteiger partial charge in [0.05, 0.1) is 11.3 Å². The predicted octanol–water partition coefficient (Wildman–Crippen LogP) is 4.46. The van der Waals surface area contributed by atoms with Crippen LogP contribution in [0.5, 0.6) is 0 Å². The van der Waals surface area contributed by atoms with E-state index in [4.69, 9.17) is 28.5 Å². The quantitative estimate of drug-likeness (QED) is 0.829. The third kappa shape index (κ3) is 4.00. The first kappa shape index (κ1) is 16.4. The van der Waals surface area contributed by atoms with E-state index in [9.17, 15) is 4.79 Å². The molecule has 0 atom stereocenters. The number of hydrogen-bond donors (Lipinski definition) is 0. The van der Waals surface area contributed by atoms with E-state index in [0.29, 0.717) is 34.1 Å². The van der Waals surface area contributed by atoms with E-state index in [-0.39, 0.29) is 5.91 Å². The summed E-state index contributed by atoms with van der Waals surface area (Å²) in [6.07, 6.45) is 0.917. The van der Waals surface area contributed by atoms with Gasteiger partial charge in [-0.05, 0) is 42.3 Å². The molecule has 5 heteroatoms. The topological polar surface area (TPSA) is 44.1 Å². The summed E-state index contributed by atoms with van der Waals surface area (Å²) in [6, 6.07) is 14.4. The number of amides is 1. The van der Waals surface area contributed by atoms with Gasteiger partial charge in [0.15, 0.2) is 0 Å². The highest BCUT2D eigenvalue weighted by atomic mass is 35.5. The van der Waals surface area contributed by atoms with Crippen molar-refractivity contribution in [3.8, 4) is 6.07 Å². The molecule has 0 saturated heterocycles. The normalized spacial score (nSPS) is 10.1. The largest absolute Gasteiger partial charge is 0.314 e. The molecule has 2 aromatic carbocycles. The fourth-order valence-electron chi connectivity index (χ4n) is 2.12. The summed E-state index contributed by atoms with van der Waals surface area (Å²) in [6.45, 7) is 0. The van der Waals surface area contributed by atoms with Crippen LogP contribution in [0.1, 0.15) is 17.5 Å². The second-order valence-electron chi connectivity index (χ2n) is 4.86. The highest BCUT2D eigenvalue weighted by Crippen LogP contribution is 2.24. The highest BCUT2D eigenvalue weighted by molar-refractivity contribution is 6.31. The summed E-state index contributed by atoms with van der Waals surface area (Å²) in [5, 5.41) is 10.3. The Morgan fingerprint density at radius 1 is 1.18 bits per heavy atom. The molecule has 2 aromatic rings. The fraction of sp³-hybridized carbons (Fsp3) is 0.176. The van der Waals surface area contributed by atoms with Crippen LogP contribution in [-0.2, 0) is 11.2 Å². The molecule has 0 fully saturated rings. The van der Waals surface area contributed by atoms with E-state index in [1.54, 1.807) is 31.3 Å². The number of nitrogens with zero attached hydrogens (tertiary/aromatic N) is 2. The number of nitriles is 1. The molecule has 0 spiro atoms. The molecule has 0 N–H and O–H groups in total. The molecule has 2 rings (SSSR count). The van der Waals surface area contributed by atoms with Crippen molar-refractivity contribution in [2.24, 2.45) is 0 Å². The minimum absolute atomic E-state index is 0.0845. The van der Waals surface area contributed by atoms with Gasteiger partial charge < -0.3 is 4.90 Å². The van der Waals surface area contributed by atoms with Crippen molar-refractivity contribution in [2.45, 2.75) is 12.8 Å². The molecule has 0 radical (unpaired) electrons. The molecule has 0 saturated carbocycles. The zero-order valence-electron chi connectivity index (χ0n) is 12.0. The lowest BCUT2D eigenvalue weighted by Crippen LogP contribution is -2.27. The van der Waals surface area contributed by atoms with Crippen molar-refractivity contribution in [2.75, 3.05) is 11.9 Å². The summed E-state index contributed by atoms with van der Waals surface area (Å²) in [4.78, 5) is 13.8. The van der Waals surface area contributed by atoms with Crippen molar-refractivity contribution >= 4 is 34.8 Å². The molecular weight excluding hydrogens is 319 g/mol. The maximum atomic E-state index is 12.3. The summed E-state index contributed by atoms with van der Waals surface area (Å²) < 4.78 is 0. The number of carbonyl (C=O) groups excluding carboxylic acids is 1. The van der Waals surface area contributed by atoms with Gasteiger partial charge in [0.1, 0.15) is 6.07 Å². The summed E-state index contributed by atoms with van der Waals surface area (Å²) in [5.41, 5.74) is 1.94. The van der Waals surface area contributed by atoms with E-state index < -0.39 is 0 Å². The molecule has 0 heterocycles. The third-order valence-electron chi connectivity index (χ3n) is 3.33. The first-order valence-corrected chi connectivity index (χ1v) is 7.47. The lowest BCUT2D eigenvalue weighted by Gasteiger charge is -2.19. The van der Waals surface area contributed by atoms with Crippen LogP contribution in [0.2, 0.25) is 10.0 Å². The zero-order valence-corrected chi connectivity index (χ0v) is 13.5. The van der Waals surface area contributed by atoms with Gasteiger partial charge in [-0.3, -0.25) is 4.79 Å². The van der Waals surface area contributed by atoms with Crippen molar-refractivity contribution in [3.05, 3.63) is 63.6 Å². The molecular formula is C17H14Cl2N2O. The average Bonchev–Trinajstić information content (AvgIpc) is 2.52. The van der Waals surface area contributed by atoms with Crippen LogP contribution in [-0.4, -0.2) is 13.0 Å². The summed E-state index contributed by atoms with van der Waals surface area (Å²) in [7, 11) is 1.65. The second kappa shape index (κ2) is 7.31. The fourth-order valence-corrected chi connectivity index (χ4v) is 2.50. The van der Waals surface area contributed by atoms with Gasteiger partial charge in [-0.15, -0.1) is 0 Å². The number of rotatable bonds is 4. The minimum atomic E-state index is -0.0845. The molecule has 0 aliphatic carbocycles. The molecule has 0 aliphatic rings. The van der Waals surface area contributed by atoms with Gasteiger partial charge in [-0.25, -0.2) is 0 Å². The number of halogens is 2. The van der Waals surface area contributed by atoms with E-state index >= 15 is 0 Å². The number of anilines is 1. The van der Waals surface area contributed by atoms with E-state index in [1.165, 1.54) is 4.90 Å². The monoisotopic (exact) mass is 332 g/mol. The minimum Gasteiger partial charge on any atom is -0.314 e. The van der Waals surface area contributed by atoms with Crippen LogP contribution in [0.25, 0.3) is 0 Å². The Hall–Kier alpha value is -2.02. The van der Waals surface area contributed by atoms with E-state index in [2.05, 4.69) is 6.07 Å². The Balaban J connectivity index is 2.10. The SMILES string of the molecule is CN(C(=O)CCc1cccc(Cl)c1)c1cc(Cl)ccc1C#N. The number of aryl methyl sites for hydroxylation is 1. The predicted molar refractivity (Wildman–Crippen MR) is 89.4 cm³/mol.